The Morgan fingerprint density at radius 3 is 1.16 bits per heavy atom. The molecule has 5 nitrogen and oxygen atoms in total. The minimum atomic E-state index is -0.761. The Balaban J connectivity index is 1.01. The van der Waals surface area contributed by atoms with Gasteiger partial charge in [-0.3, -0.25) is 0 Å². The van der Waals surface area contributed by atoms with E-state index in [1.807, 2.05) is 91.0 Å². The molecule has 2 aromatic heterocycles. The van der Waals surface area contributed by atoms with Crippen LogP contribution in [-0.4, -0.2) is 15.8 Å². The van der Waals surface area contributed by atoms with Crippen molar-refractivity contribution in [1.82, 2.24) is 9.13 Å². The van der Waals surface area contributed by atoms with Crippen LogP contribution in [0.25, 0.3) is 111 Å². The van der Waals surface area contributed by atoms with Crippen molar-refractivity contribution in [2.45, 2.75) is 52.4 Å². The van der Waals surface area contributed by atoms with Gasteiger partial charge in [0.15, 0.2) is 0 Å². The second-order valence-electron chi connectivity index (χ2n) is 30.7. The van der Waals surface area contributed by atoms with Crippen LogP contribution in [0.1, 0.15) is 70.5 Å². The Bertz CT molecular complexity index is 7170. The fraction of sp³-hybridized carbons (Fsp3) is 0.0769. The predicted octanol–water partition coefficient (Wildman–Crippen LogP) is 26.4. The molecule has 524 valence electrons. The zero-order valence-electron chi connectivity index (χ0n) is 74.6. The van der Waals surface area contributed by atoms with Crippen LogP contribution >= 0.6 is 0 Å². The molecular formula is C104H80BN5. The Labute approximate surface area is 662 Å². The summed E-state index contributed by atoms with van der Waals surface area (Å²) in [7, 11) is 0. The number of aromatic nitrogens is 2. The van der Waals surface area contributed by atoms with E-state index in [4.69, 9.17) is 1.37 Å². The van der Waals surface area contributed by atoms with E-state index in [9.17, 15) is 16.4 Å². The molecule has 0 saturated carbocycles. The van der Waals surface area contributed by atoms with Crippen LogP contribution in [0, 0.1) is 0 Å². The topological polar surface area (TPSA) is 19.6 Å². The summed E-state index contributed by atoms with van der Waals surface area (Å²) in [4.78, 5) is 6.88. The first-order chi connectivity index (χ1) is 59.3. The minimum Gasteiger partial charge on any atom is -0.310 e. The van der Waals surface area contributed by atoms with Crippen LogP contribution in [0.5, 0.6) is 0 Å². The van der Waals surface area contributed by atoms with Crippen LogP contribution in [0.3, 0.4) is 0 Å². The lowest BCUT2D eigenvalue weighted by molar-refractivity contribution is 0.590. The lowest BCUT2D eigenvalue weighted by Crippen LogP contribution is -2.61. The van der Waals surface area contributed by atoms with E-state index in [-0.39, 0.29) is 33.1 Å². The van der Waals surface area contributed by atoms with E-state index >= 15 is 0 Å². The molecule has 0 spiro atoms. The molecule has 2 aliphatic rings. The summed E-state index contributed by atoms with van der Waals surface area (Å²) in [5.41, 5.74) is 20.4. The van der Waals surface area contributed by atoms with Crippen molar-refractivity contribution in [2.75, 3.05) is 14.7 Å². The molecule has 0 N–H and O–H groups in total. The molecule has 16 aromatic carbocycles. The van der Waals surface area contributed by atoms with Crippen molar-refractivity contribution in [2.24, 2.45) is 0 Å². The van der Waals surface area contributed by atoms with Crippen molar-refractivity contribution in [3.8, 4) is 67.0 Å². The maximum atomic E-state index is 10.3. The van der Waals surface area contributed by atoms with Crippen molar-refractivity contribution < 1.29 is 17.8 Å². The molecule has 2 aliphatic heterocycles. The van der Waals surface area contributed by atoms with Gasteiger partial charge in [-0.15, -0.1) is 0 Å². The van der Waals surface area contributed by atoms with Gasteiger partial charge in [-0.25, -0.2) is 0 Å². The highest BCUT2D eigenvalue weighted by molar-refractivity contribution is 7.00. The normalized spacial score (nSPS) is 14.2. The first-order valence-electron chi connectivity index (χ1n) is 43.9. The molecule has 0 fully saturated rings. The number of benzene rings is 16. The molecule has 0 amide bonds. The molecule has 4 heterocycles. The molecule has 0 bridgehead atoms. The first kappa shape index (κ1) is 53.4. The smallest absolute Gasteiger partial charge is 0.252 e. The molecule has 0 radical (unpaired) electrons. The Kier molecular flexibility index (Phi) is 12.7. The molecule has 0 aliphatic carbocycles. The van der Waals surface area contributed by atoms with Crippen molar-refractivity contribution in [3.63, 3.8) is 0 Å². The lowest BCUT2D eigenvalue weighted by atomic mass is 9.33. The number of fused-ring (bicyclic) bond motifs is 10. The zero-order valence-corrected chi connectivity index (χ0v) is 61.6. The fourth-order valence-electron chi connectivity index (χ4n) is 16.9. The second kappa shape index (κ2) is 26.2. The molecule has 18 aromatic rings. The number of anilines is 9. The van der Waals surface area contributed by atoms with E-state index in [0.717, 1.165) is 128 Å². The Morgan fingerprint density at radius 2 is 0.682 bits per heavy atom. The number of rotatable bonds is 12. The van der Waals surface area contributed by atoms with E-state index in [1.165, 1.54) is 0 Å². The highest BCUT2D eigenvalue weighted by Crippen LogP contribution is 2.56. The predicted molar refractivity (Wildman–Crippen MR) is 468 cm³/mol. The van der Waals surface area contributed by atoms with Gasteiger partial charge in [0.05, 0.1) is 56.9 Å². The first-order valence-corrected chi connectivity index (χ1v) is 37.4. The van der Waals surface area contributed by atoms with Crippen LogP contribution in [0.4, 0.5) is 51.2 Å². The van der Waals surface area contributed by atoms with Crippen molar-refractivity contribution in [1.29, 1.82) is 0 Å². The van der Waals surface area contributed by atoms with Gasteiger partial charge >= 0.3 is 0 Å². The molecule has 0 saturated heterocycles. The summed E-state index contributed by atoms with van der Waals surface area (Å²) >= 11 is 0. The van der Waals surface area contributed by atoms with Crippen LogP contribution in [0.2, 0.25) is 0 Å². The largest absolute Gasteiger partial charge is 0.310 e. The molecule has 20 rings (SSSR count). The fourth-order valence-corrected chi connectivity index (χ4v) is 16.9. The maximum absolute atomic E-state index is 10.3. The SMILES string of the molecule is [2H]c1c([2H])c([2H])c(-c2ccc3c(c2)N(c2c(-c4ccccc4)cc(C(C)(C)C)cc2-c2ccccc2)c2cc(-n4c5c([2H])c([2H])c([2H])c([2H])c5c5c([2H])c([2H])c([2H])c([2H])c54)cc4c2B3c2ccc(-n3c5ccccc5c5cc(N(c6ccccc6)c6ccccc6)ccc53)cc2N4c2c(-c3ccccc3)cc(C(C)(C)C)cc2-c2ccccc2)c([2H])c1[2H]. The van der Waals surface area contributed by atoms with Gasteiger partial charge in [0.2, 0.25) is 0 Å². The third kappa shape index (κ3) is 11.0. The van der Waals surface area contributed by atoms with Gasteiger partial charge in [-0.05, 0) is 187 Å². The van der Waals surface area contributed by atoms with Gasteiger partial charge in [0.1, 0.15) is 0 Å². The van der Waals surface area contributed by atoms with E-state index in [1.54, 1.807) is 4.57 Å². The Hall–Kier alpha value is -13.4. The summed E-state index contributed by atoms with van der Waals surface area (Å²) in [6.45, 7) is 12.5. The zero-order chi connectivity index (χ0) is 85.2. The van der Waals surface area contributed by atoms with E-state index in [2.05, 4.69) is 267 Å². The van der Waals surface area contributed by atoms with Crippen molar-refractivity contribution >= 4 is 118 Å². The van der Waals surface area contributed by atoms with Crippen LogP contribution in [0.15, 0.2) is 376 Å². The van der Waals surface area contributed by atoms with Gasteiger partial charge in [-0.2, -0.15) is 0 Å². The van der Waals surface area contributed by atoms with Crippen LogP contribution < -0.4 is 31.1 Å². The highest BCUT2D eigenvalue weighted by atomic mass is 15.2. The monoisotopic (exact) mass is 1420 g/mol. The third-order valence-corrected chi connectivity index (χ3v) is 22.1. The average Bonchev–Trinajstić information content (AvgIpc) is 1.64. The number of para-hydroxylation sites is 5. The number of nitrogens with zero attached hydrogens (tertiary/aromatic N) is 5. The average molecular weight is 1420 g/mol. The Morgan fingerprint density at radius 1 is 0.282 bits per heavy atom. The molecule has 0 unspecified atom stereocenters. The summed E-state index contributed by atoms with van der Waals surface area (Å²) < 4.78 is 129. The summed E-state index contributed by atoms with van der Waals surface area (Å²) in [6.07, 6.45) is 0. The van der Waals surface area contributed by atoms with E-state index < -0.39 is 96.1 Å². The van der Waals surface area contributed by atoms with Gasteiger partial charge in [-0.1, -0.05) is 302 Å². The maximum Gasteiger partial charge on any atom is 0.252 e. The van der Waals surface area contributed by atoms with Gasteiger partial charge in [0.25, 0.3) is 6.71 Å². The number of hydrogen-bond donors (Lipinski definition) is 0. The van der Waals surface area contributed by atoms with Gasteiger partial charge in [0, 0.05) is 89.3 Å². The number of hydrogen-bond acceptors (Lipinski definition) is 3. The second-order valence-corrected chi connectivity index (χ2v) is 30.7. The third-order valence-electron chi connectivity index (χ3n) is 22.1. The highest BCUT2D eigenvalue weighted by Gasteiger charge is 2.46. The molecule has 0 atom stereocenters. The summed E-state index contributed by atoms with van der Waals surface area (Å²) in [5, 5.41) is 1.82. The molecular weight excluding hydrogens is 1330 g/mol. The summed E-state index contributed by atoms with van der Waals surface area (Å²) in [6, 6.07) is 96.2. The standard InChI is InChI=1S/C104H80BN5/c1-103(2,3)75-61-85(70-36-16-8-17-37-70)101(86(62-75)71-38-18-9-19-39-71)109-96-60-74(69-34-14-7-15-35-69)54-57-90(96)105-91-58-55-80(107-94-53-33-30-50-84(94)89-65-79(56-59-95(89)107)106(77-44-24-12-25-45-77)78-46-26-13-27-47-78)66-97(91)110(99-68-81(67-98(109)100(99)105)108-92-51-31-28-48-82(92)83-49-29-32-52-93(83)108)102-87(72-40-20-10-21-41-72)63-76(104(4,5)6)64-88(102)73-42-22-11-23-43-73/h7-68H,1-6H3/i7D,14D,15D,28D,29D,31D,32D,34D,35D,48D,49D,51D,52D. The minimum absolute atomic E-state index is 0.0150. The van der Waals surface area contributed by atoms with Gasteiger partial charge < -0.3 is 23.8 Å². The lowest BCUT2D eigenvalue weighted by Gasteiger charge is -2.46. The summed E-state index contributed by atoms with van der Waals surface area (Å²) in [5.74, 6) is 0. The molecule has 6 heteroatoms. The quantitative estimate of drug-likeness (QED) is 0.114. The van der Waals surface area contributed by atoms with Crippen molar-refractivity contribution in [3.05, 3.63) is 387 Å². The van der Waals surface area contributed by atoms with Crippen LogP contribution in [-0.2, 0) is 10.8 Å². The molecule has 110 heavy (non-hydrogen) atoms. The van der Waals surface area contributed by atoms with E-state index in [0.29, 0.717) is 28.3 Å².